The van der Waals surface area contributed by atoms with Crippen molar-refractivity contribution in [1.29, 1.82) is 0 Å². The summed E-state index contributed by atoms with van der Waals surface area (Å²) >= 11 is 0. The lowest BCUT2D eigenvalue weighted by atomic mass is 10.1. The first-order chi connectivity index (χ1) is 8.48. The molecule has 2 N–H and O–H groups in total. The van der Waals surface area contributed by atoms with Crippen LogP contribution >= 0.6 is 0 Å². The van der Waals surface area contributed by atoms with Crippen LogP contribution in [0.2, 0.25) is 0 Å². The molecule has 5 heteroatoms. The summed E-state index contributed by atoms with van der Waals surface area (Å²) in [5.74, 6) is 0.554. The van der Waals surface area contributed by atoms with Crippen LogP contribution in [0.25, 0.3) is 0 Å². The third-order valence-corrected chi connectivity index (χ3v) is 5.33. The van der Waals surface area contributed by atoms with Crippen LogP contribution in [0.3, 0.4) is 0 Å². The van der Waals surface area contributed by atoms with E-state index in [9.17, 15) is 8.42 Å². The molecule has 1 atom stereocenters. The van der Waals surface area contributed by atoms with E-state index in [1.54, 1.807) is 0 Å². The lowest BCUT2D eigenvalue weighted by Gasteiger charge is -2.33. The van der Waals surface area contributed by atoms with Crippen LogP contribution in [-0.4, -0.2) is 44.0 Å². The summed E-state index contributed by atoms with van der Waals surface area (Å²) in [5, 5.41) is 0. The van der Waals surface area contributed by atoms with Gasteiger partial charge in [-0.15, -0.1) is 0 Å². The van der Waals surface area contributed by atoms with Crippen LogP contribution < -0.4 is 5.73 Å². The van der Waals surface area contributed by atoms with Crippen molar-refractivity contribution in [3.05, 3.63) is 29.8 Å². The molecule has 1 aromatic rings. The van der Waals surface area contributed by atoms with Gasteiger partial charge in [-0.05, 0) is 25.0 Å². The number of nitrogens with two attached hydrogens (primary N) is 1. The molecule has 1 aliphatic heterocycles. The van der Waals surface area contributed by atoms with E-state index in [0.29, 0.717) is 6.54 Å². The van der Waals surface area contributed by atoms with E-state index in [0.717, 1.165) is 24.2 Å². The Labute approximate surface area is 109 Å². The molecule has 1 saturated heterocycles. The largest absolute Gasteiger partial charge is 0.399 e. The third kappa shape index (κ3) is 3.23. The zero-order valence-electron chi connectivity index (χ0n) is 10.7. The summed E-state index contributed by atoms with van der Waals surface area (Å²) < 4.78 is 23.0. The number of hydrogen-bond acceptors (Lipinski definition) is 4. The zero-order chi connectivity index (χ0) is 13.2. The highest BCUT2D eigenvalue weighted by atomic mass is 32.2. The van der Waals surface area contributed by atoms with Gasteiger partial charge in [0.1, 0.15) is 0 Å². The summed E-state index contributed by atoms with van der Waals surface area (Å²) in [6, 6.07) is 7.94. The Hall–Kier alpha value is -1.07. The topological polar surface area (TPSA) is 63.4 Å². The van der Waals surface area contributed by atoms with E-state index >= 15 is 0 Å². The van der Waals surface area contributed by atoms with E-state index in [1.165, 1.54) is 0 Å². The van der Waals surface area contributed by atoms with Gasteiger partial charge in [0.25, 0.3) is 0 Å². The van der Waals surface area contributed by atoms with Crippen molar-refractivity contribution < 1.29 is 8.42 Å². The van der Waals surface area contributed by atoms with Gasteiger partial charge >= 0.3 is 0 Å². The van der Waals surface area contributed by atoms with E-state index in [1.807, 2.05) is 31.2 Å². The average molecular weight is 268 g/mol. The molecular weight excluding hydrogens is 248 g/mol. The van der Waals surface area contributed by atoms with Crippen molar-refractivity contribution in [1.82, 2.24) is 4.90 Å². The summed E-state index contributed by atoms with van der Waals surface area (Å²) in [6.07, 6.45) is 0.872. The monoisotopic (exact) mass is 268 g/mol. The van der Waals surface area contributed by atoms with Crippen LogP contribution in [0, 0.1) is 0 Å². The van der Waals surface area contributed by atoms with Gasteiger partial charge in [-0.25, -0.2) is 8.42 Å². The van der Waals surface area contributed by atoms with Crippen LogP contribution in [0.1, 0.15) is 12.5 Å². The van der Waals surface area contributed by atoms with Gasteiger partial charge in [0.15, 0.2) is 9.84 Å². The molecule has 0 amide bonds. The first-order valence-corrected chi connectivity index (χ1v) is 8.08. The molecule has 0 aliphatic carbocycles. The molecule has 2 rings (SSSR count). The molecule has 1 fully saturated rings. The highest BCUT2D eigenvalue weighted by Gasteiger charge is 2.27. The molecule has 1 unspecified atom stereocenters. The van der Waals surface area contributed by atoms with Gasteiger partial charge in [0.2, 0.25) is 0 Å². The van der Waals surface area contributed by atoms with Crippen molar-refractivity contribution in [2.45, 2.75) is 19.4 Å². The lowest BCUT2D eigenvalue weighted by Crippen LogP contribution is -2.47. The smallest absolute Gasteiger partial charge is 0.153 e. The predicted octanol–water partition coefficient (Wildman–Crippen LogP) is 0.930. The van der Waals surface area contributed by atoms with Crippen molar-refractivity contribution in [3.63, 3.8) is 0 Å². The molecule has 1 aliphatic rings. The Kier molecular flexibility index (Phi) is 3.92. The van der Waals surface area contributed by atoms with Crippen molar-refractivity contribution in [2.24, 2.45) is 0 Å². The second kappa shape index (κ2) is 5.28. The standard InChI is InChI=1S/C13H20N2O2S/c1-11-10-18(16,17)9-8-15(11)7-6-12-4-2-3-5-13(12)14/h2-5,11H,6-10,14H2,1H3. The number of nitrogen functional groups attached to an aromatic ring is 1. The van der Waals surface area contributed by atoms with Crippen molar-refractivity contribution in [3.8, 4) is 0 Å². The summed E-state index contributed by atoms with van der Waals surface area (Å²) in [6.45, 7) is 3.48. The summed E-state index contributed by atoms with van der Waals surface area (Å²) in [7, 11) is -2.82. The van der Waals surface area contributed by atoms with Gasteiger partial charge in [0.05, 0.1) is 11.5 Å². The minimum atomic E-state index is -2.82. The fourth-order valence-electron chi connectivity index (χ4n) is 2.39. The maximum absolute atomic E-state index is 11.5. The Balaban J connectivity index is 1.94. The van der Waals surface area contributed by atoms with Crippen molar-refractivity contribution in [2.75, 3.05) is 30.3 Å². The number of nitrogens with zero attached hydrogens (tertiary/aromatic N) is 1. The summed E-state index contributed by atoms with van der Waals surface area (Å²) in [5.41, 5.74) is 7.85. The summed E-state index contributed by atoms with van der Waals surface area (Å²) in [4.78, 5) is 2.23. The molecule has 0 bridgehead atoms. The number of hydrogen-bond donors (Lipinski definition) is 1. The number of benzene rings is 1. The zero-order valence-corrected chi connectivity index (χ0v) is 11.5. The van der Waals surface area contributed by atoms with Crippen LogP contribution in [0.15, 0.2) is 24.3 Å². The van der Waals surface area contributed by atoms with E-state index in [2.05, 4.69) is 4.90 Å². The maximum Gasteiger partial charge on any atom is 0.153 e. The van der Waals surface area contributed by atoms with Gasteiger partial charge in [-0.2, -0.15) is 0 Å². The van der Waals surface area contributed by atoms with E-state index < -0.39 is 9.84 Å². The molecule has 0 aromatic heterocycles. The fourth-order valence-corrected chi connectivity index (χ4v) is 4.02. The third-order valence-electron chi connectivity index (χ3n) is 3.53. The molecule has 1 heterocycles. The van der Waals surface area contributed by atoms with Gasteiger partial charge in [0, 0.05) is 24.8 Å². The Morgan fingerprint density at radius 2 is 2.11 bits per heavy atom. The number of rotatable bonds is 3. The van der Waals surface area contributed by atoms with E-state index in [-0.39, 0.29) is 17.5 Å². The Bertz CT molecular complexity index is 513. The molecule has 18 heavy (non-hydrogen) atoms. The first kappa shape index (κ1) is 13.4. The maximum atomic E-state index is 11.5. The molecule has 0 saturated carbocycles. The first-order valence-electron chi connectivity index (χ1n) is 6.26. The lowest BCUT2D eigenvalue weighted by molar-refractivity contribution is 0.229. The van der Waals surface area contributed by atoms with Gasteiger partial charge in [-0.3, -0.25) is 4.90 Å². The van der Waals surface area contributed by atoms with Gasteiger partial charge in [-0.1, -0.05) is 18.2 Å². The van der Waals surface area contributed by atoms with Gasteiger partial charge < -0.3 is 5.73 Å². The minimum absolute atomic E-state index is 0.105. The van der Waals surface area contributed by atoms with Crippen molar-refractivity contribution >= 4 is 15.5 Å². The molecule has 1 aromatic carbocycles. The second-order valence-corrected chi connectivity index (χ2v) is 7.18. The quantitative estimate of drug-likeness (QED) is 0.828. The minimum Gasteiger partial charge on any atom is -0.399 e. The molecular formula is C13H20N2O2S. The average Bonchev–Trinajstić information content (AvgIpc) is 2.29. The van der Waals surface area contributed by atoms with Crippen LogP contribution in [-0.2, 0) is 16.3 Å². The Morgan fingerprint density at radius 1 is 1.39 bits per heavy atom. The number of sulfone groups is 1. The van der Waals surface area contributed by atoms with Crippen LogP contribution in [0.5, 0.6) is 0 Å². The highest BCUT2D eigenvalue weighted by Crippen LogP contribution is 2.15. The molecule has 100 valence electrons. The Morgan fingerprint density at radius 3 is 2.78 bits per heavy atom. The number of para-hydroxylation sites is 1. The molecule has 0 spiro atoms. The molecule has 4 nitrogen and oxygen atoms in total. The predicted molar refractivity (Wildman–Crippen MR) is 74.2 cm³/mol. The van der Waals surface area contributed by atoms with E-state index in [4.69, 9.17) is 5.73 Å². The fraction of sp³-hybridized carbons (Fsp3) is 0.538. The second-order valence-electron chi connectivity index (χ2n) is 4.95. The van der Waals surface area contributed by atoms with Crippen LogP contribution in [0.4, 0.5) is 5.69 Å². The normalized spacial score (nSPS) is 23.9. The number of anilines is 1. The highest BCUT2D eigenvalue weighted by molar-refractivity contribution is 7.91. The SMILES string of the molecule is CC1CS(=O)(=O)CCN1CCc1ccccc1N. The molecule has 0 radical (unpaired) electrons.